The van der Waals surface area contributed by atoms with Crippen molar-refractivity contribution in [2.45, 2.75) is 26.8 Å². The van der Waals surface area contributed by atoms with Crippen molar-refractivity contribution in [3.63, 3.8) is 0 Å². The number of pyridine rings is 1. The van der Waals surface area contributed by atoms with Gasteiger partial charge in [-0.15, -0.1) is 0 Å². The number of carboxylic acid groups (broad SMARTS) is 1. The van der Waals surface area contributed by atoms with Gasteiger partial charge in [0.2, 0.25) is 5.43 Å². The average molecular weight is 452 g/mol. The van der Waals surface area contributed by atoms with Crippen molar-refractivity contribution in [1.82, 2.24) is 4.57 Å². The third kappa shape index (κ3) is 3.85. The standard InChI is InChI=1S/C22H17Cl2F2NO3/c1-3-27-11(2)17(12-5-4-6-14(9-12)21(25)26)20(28)18(22(29)30)19(27)13-7-8-15(23)16(24)10-13/h4-10,21H,3H2,1-2H3,(H,29,30). The number of aromatic carboxylic acids is 1. The van der Waals surface area contributed by atoms with Crippen molar-refractivity contribution in [3.05, 3.63) is 79.6 Å². The molecular weight excluding hydrogens is 435 g/mol. The summed E-state index contributed by atoms with van der Waals surface area (Å²) in [7, 11) is 0. The molecule has 0 amide bonds. The van der Waals surface area contributed by atoms with Crippen molar-refractivity contribution >= 4 is 29.2 Å². The minimum Gasteiger partial charge on any atom is -0.477 e. The van der Waals surface area contributed by atoms with Gasteiger partial charge in [0.15, 0.2) is 0 Å². The lowest BCUT2D eigenvalue weighted by Gasteiger charge is -2.21. The molecule has 3 rings (SSSR count). The van der Waals surface area contributed by atoms with Crippen LogP contribution in [0.5, 0.6) is 0 Å². The van der Waals surface area contributed by atoms with Crippen LogP contribution in [0.1, 0.15) is 35.0 Å². The molecule has 3 aromatic rings. The van der Waals surface area contributed by atoms with Gasteiger partial charge >= 0.3 is 5.97 Å². The summed E-state index contributed by atoms with van der Waals surface area (Å²) in [4.78, 5) is 25.4. The first-order valence-electron chi connectivity index (χ1n) is 9.01. The number of carboxylic acids is 1. The van der Waals surface area contributed by atoms with E-state index < -0.39 is 23.4 Å². The highest BCUT2D eigenvalue weighted by atomic mass is 35.5. The Hall–Kier alpha value is -2.70. The Morgan fingerprint density at radius 1 is 1.10 bits per heavy atom. The molecule has 30 heavy (non-hydrogen) atoms. The molecule has 0 aliphatic heterocycles. The van der Waals surface area contributed by atoms with Crippen LogP contribution in [-0.2, 0) is 6.54 Å². The van der Waals surface area contributed by atoms with Crippen molar-refractivity contribution in [2.75, 3.05) is 0 Å². The Balaban J connectivity index is 2.43. The van der Waals surface area contributed by atoms with E-state index in [-0.39, 0.29) is 27.4 Å². The second kappa shape index (κ2) is 8.58. The SMILES string of the molecule is CCn1c(C)c(-c2cccc(C(F)F)c2)c(=O)c(C(=O)O)c1-c1ccc(Cl)c(Cl)c1. The van der Waals surface area contributed by atoms with E-state index in [1.807, 2.05) is 0 Å². The van der Waals surface area contributed by atoms with Gasteiger partial charge in [0.1, 0.15) is 5.56 Å². The fourth-order valence-electron chi connectivity index (χ4n) is 3.54. The Morgan fingerprint density at radius 3 is 2.37 bits per heavy atom. The Labute approximate surface area is 181 Å². The van der Waals surface area contributed by atoms with E-state index in [0.29, 0.717) is 22.8 Å². The molecule has 1 aromatic heterocycles. The summed E-state index contributed by atoms with van der Waals surface area (Å²) in [6.45, 7) is 3.79. The van der Waals surface area contributed by atoms with Crippen LogP contribution in [0.15, 0.2) is 47.3 Å². The van der Waals surface area contributed by atoms with E-state index in [4.69, 9.17) is 23.2 Å². The monoisotopic (exact) mass is 451 g/mol. The van der Waals surface area contributed by atoms with Crippen molar-refractivity contribution in [2.24, 2.45) is 0 Å². The van der Waals surface area contributed by atoms with Crippen LogP contribution in [0.25, 0.3) is 22.4 Å². The maximum Gasteiger partial charge on any atom is 0.341 e. The van der Waals surface area contributed by atoms with Gasteiger partial charge in [-0.25, -0.2) is 13.6 Å². The summed E-state index contributed by atoms with van der Waals surface area (Å²) >= 11 is 12.1. The summed E-state index contributed by atoms with van der Waals surface area (Å²) in [6, 6.07) is 9.99. The molecule has 0 unspecified atom stereocenters. The van der Waals surface area contributed by atoms with E-state index in [2.05, 4.69) is 0 Å². The number of alkyl halides is 2. The third-order valence-corrected chi connectivity index (χ3v) is 5.62. The molecule has 0 fully saturated rings. The van der Waals surface area contributed by atoms with Gasteiger partial charge in [-0.3, -0.25) is 4.79 Å². The van der Waals surface area contributed by atoms with Crippen molar-refractivity contribution < 1.29 is 18.7 Å². The normalized spacial score (nSPS) is 11.2. The average Bonchev–Trinajstić information content (AvgIpc) is 2.69. The Morgan fingerprint density at radius 2 is 1.80 bits per heavy atom. The maximum atomic E-state index is 13.3. The quantitative estimate of drug-likeness (QED) is 0.484. The molecule has 0 saturated carbocycles. The number of aromatic nitrogens is 1. The minimum atomic E-state index is -2.71. The van der Waals surface area contributed by atoms with Gasteiger partial charge < -0.3 is 9.67 Å². The zero-order valence-electron chi connectivity index (χ0n) is 16.0. The lowest BCUT2D eigenvalue weighted by Crippen LogP contribution is -2.25. The molecule has 8 heteroatoms. The topological polar surface area (TPSA) is 59.3 Å². The molecule has 2 aromatic carbocycles. The molecular formula is C22H17Cl2F2NO3. The van der Waals surface area contributed by atoms with Crippen molar-refractivity contribution in [1.29, 1.82) is 0 Å². The van der Waals surface area contributed by atoms with Gasteiger partial charge in [-0.2, -0.15) is 0 Å². The van der Waals surface area contributed by atoms with E-state index in [1.54, 1.807) is 24.5 Å². The van der Waals surface area contributed by atoms with E-state index in [1.165, 1.54) is 36.4 Å². The maximum absolute atomic E-state index is 13.3. The third-order valence-electron chi connectivity index (χ3n) is 4.88. The number of benzene rings is 2. The number of hydrogen-bond donors (Lipinski definition) is 1. The largest absolute Gasteiger partial charge is 0.477 e. The summed E-state index contributed by atoms with van der Waals surface area (Å²) < 4.78 is 28.0. The minimum absolute atomic E-state index is 0.0700. The molecule has 1 N–H and O–H groups in total. The highest BCUT2D eigenvalue weighted by molar-refractivity contribution is 6.42. The summed E-state index contributed by atoms with van der Waals surface area (Å²) in [5.41, 5.74) is -0.104. The highest BCUT2D eigenvalue weighted by Gasteiger charge is 2.26. The van der Waals surface area contributed by atoms with Gasteiger partial charge in [-0.1, -0.05) is 47.5 Å². The molecule has 0 aliphatic rings. The first-order valence-corrected chi connectivity index (χ1v) is 9.77. The van der Waals surface area contributed by atoms with Crippen LogP contribution in [-0.4, -0.2) is 15.6 Å². The molecule has 0 bridgehead atoms. The zero-order valence-corrected chi connectivity index (χ0v) is 17.6. The van der Waals surface area contributed by atoms with Crippen LogP contribution in [0.3, 0.4) is 0 Å². The molecule has 0 aliphatic carbocycles. The van der Waals surface area contributed by atoms with Crippen LogP contribution < -0.4 is 5.43 Å². The summed E-state index contributed by atoms with van der Waals surface area (Å²) in [6.07, 6.45) is -2.71. The van der Waals surface area contributed by atoms with Gasteiger partial charge in [-0.05, 0) is 37.6 Å². The lowest BCUT2D eigenvalue weighted by atomic mass is 9.95. The van der Waals surface area contributed by atoms with Crippen LogP contribution in [0, 0.1) is 6.92 Å². The number of carbonyl (C=O) groups is 1. The second-order valence-electron chi connectivity index (χ2n) is 6.62. The molecule has 0 radical (unpaired) electrons. The fourth-order valence-corrected chi connectivity index (χ4v) is 3.84. The Kier molecular flexibility index (Phi) is 6.29. The molecule has 0 saturated heterocycles. The first-order chi connectivity index (χ1) is 14.2. The molecule has 4 nitrogen and oxygen atoms in total. The zero-order chi connectivity index (χ0) is 22.2. The predicted octanol–water partition coefficient (Wildman–Crippen LogP) is 6.45. The Bertz CT molecular complexity index is 1210. The number of halogens is 4. The number of nitrogens with zero attached hydrogens (tertiary/aromatic N) is 1. The van der Waals surface area contributed by atoms with E-state index in [9.17, 15) is 23.5 Å². The van der Waals surface area contributed by atoms with Crippen LogP contribution in [0.4, 0.5) is 8.78 Å². The molecule has 1 heterocycles. The van der Waals surface area contributed by atoms with Gasteiger partial charge in [0.25, 0.3) is 6.43 Å². The van der Waals surface area contributed by atoms with E-state index >= 15 is 0 Å². The smallest absolute Gasteiger partial charge is 0.341 e. The fraction of sp³-hybridized carbons (Fsp3) is 0.182. The summed E-state index contributed by atoms with van der Waals surface area (Å²) in [5.74, 6) is -1.42. The number of rotatable bonds is 5. The lowest BCUT2D eigenvalue weighted by molar-refractivity contribution is 0.0695. The van der Waals surface area contributed by atoms with Gasteiger partial charge in [0, 0.05) is 28.9 Å². The van der Waals surface area contributed by atoms with Gasteiger partial charge in [0.05, 0.1) is 15.7 Å². The second-order valence-corrected chi connectivity index (χ2v) is 7.43. The summed E-state index contributed by atoms with van der Waals surface area (Å²) in [5, 5.41) is 10.4. The first kappa shape index (κ1) is 22.0. The van der Waals surface area contributed by atoms with Crippen LogP contribution in [0.2, 0.25) is 10.0 Å². The molecule has 156 valence electrons. The number of hydrogen-bond acceptors (Lipinski definition) is 2. The molecule has 0 atom stereocenters. The van der Waals surface area contributed by atoms with Crippen LogP contribution >= 0.6 is 23.2 Å². The van der Waals surface area contributed by atoms with E-state index in [0.717, 1.165) is 0 Å². The molecule has 0 spiro atoms. The highest BCUT2D eigenvalue weighted by Crippen LogP contribution is 2.33. The van der Waals surface area contributed by atoms with Crippen molar-refractivity contribution in [3.8, 4) is 22.4 Å². The predicted molar refractivity (Wildman–Crippen MR) is 114 cm³/mol.